The lowest BCUT2D eigenvalue weighted by Gasteiger charge is -2.34. The van der Waals surface area contributed by atoms with Gasteiger partial charge in [-0.15, -0.1) is 0 Å². The molecule has 1 amide bonds. The van der Waals surface area contributed by atoms with E-state index in [0.717, 1.165) is 36.9 Å². The molecule has 1 aromatic carbocycles. The van der Waals surface area contributed by atoms with Crippen molar-refractivity contribution in [3.63, 3.8) is 0 Å². The fraction of sp³-hybridized carbons (Fsp3) is 0.524. The van der Waals surface area contributed by atoms with Crippen molar-refractivity contribution in [3.8, 4) is 5.75 Å². The lowest BCUT2D eigenvalue weighted by Crippen LogP contribution is -2.55. The maximum atomic E-state index is 12.8. The molecule has 2 saturated heterocycles. The number of carbonyl (C=O) groups is 1. The van der Waals surface area contributed by atoms with Crippen LogP contribution >= 0.6 is 0 Å². The molecule has 2 aromatic rings. The number of nitrogens with zero attached hydrogens (tertiary/aromatic N) is 1. The van der Waals surface area contributed by atoms with Crippen molar-refractivity contribution in [1.29, 1.82) is 0 Å². The van der Waals surface area contributed by atoms with Crippen molar-refractivity contribution in [2.45, 2.75) is 57.7 Å². The summed E-state index contributed by atoms with van der Waals surface area (Å²) >= 11 is 0. The average molecular weight is 370 g/mol. The number of hydrogen-bond acceptors (Lipinski definition) is 5. The van der Waals surface area contributed by atoms with Gasteiger partial charge in [-0.3, -0.25) is 4.79 Å². The van der Waals surface area contributed by atoms with Crippen molar-refractivity contribution in [2.75, 3.05) is 13.1 Å². The SMILES string of the molecule is CC(C)c1cc(=O)oc2cc(O[C@H](C)C(=O)N3CC4CCC(C3)N4)ccc12. The van der Waals surface area contributed by atoms with Gasteiger partial charge in [0.25, 0.3) is 5.91 Å². The molecule has 144 valence electrons. The van der Waals surface area contributed by atoms with Crippen LogP contribution in [-0.4, -0.2) is 42.1 Å². The topological polar surface area (TPSA) is 71.8 Å². The Labute approximate surface area is 158 Å². The number of rotatable bonds is 4. The van der Waals surface area contributed by atoms with E-state index in [-0.39, 0.29) is 17.5 Å². The van der Waals surface area contributed by atoms with E-state index < -0.39 is 6.10 Å². The Kier molecular flexibility index (Phi) is 4.68. The lowest BCUT2D eigenvalue weighted by atomic mass is 10.00. The molecular formula is C21H26N2O4. The normalized spacial score (nSPS) is 23.0. The zero-order valence-corrected chi connectivity index (χ0v) is 16.0. The van der Waals surface area contributed by atoms with E-state index in [1.54, 1.807) is 19.1 Å². The number of hydrogen-bond donors (Lipinski definition) is 1. The first kappa shape index (κ1) is 18.0. The molecule has 3 atom stereocenters. The standard InChI is InChI=1S/C21H26N2O4/c1-12(2)18-9-20(24)27-19-8-16(6-7-17(18)19)26-13(3)21(25)23-10-14-4-5-15(11-23)22-14/h6-9,12-15,22H,4-5,10-11H2,1-3H3/t13-,14?,15?/m1/s1. The van der Waals surface area contributed by atoms with Crippen LogP contribution in [0.25, 0.3) is 11.0 Å². The number of fused-ring (bicyclic) bond motifs is 3. The van der Waals surface area contributed by atoms with Gasteiger partial charge < -0.3 is 19.4 Å². The van der Waals surface area contributed by atoms with Gasteiger partial charge in [0.15, 0.2) is 6.10 Å². The molecule has 0 radical (unpaired) electrons. The summed E-state index contributed by atoms with van der Waals surface area (Å²) in [7, 11) is 0. The Bertz CT molecular complexity index is 908. The number of benzene rings is 1. The molecule has 0 aliphatic carbocycles. The van der Waals surface area contributed by atoms with Gasteiger partial charge in [0, 0.05) is 42.7 Å². The molecule has 2 unspecified atom stereocenters. The third-order valence-corrected chi connectivity index (χ3v) is 5.56. The summed E-state index contributed by atoms with van der Waals surface area (Å²) in [6, 6.07) is 7.78. The van der Waals surface area contributed by atoms with E-state index in [1.165, 1.54) is 0 Å². The quantitative estimate of drug-likeness (QED) is 0.838. The largest absolute Gasteiger partial charge is 0.481 e. The molecule has 1 N–H and O–H groups in total. The second-order valence-electron chi connectivity index (χ2n) is 7.97. The van der Waals surface area contributed by atoms with Crippen molar-refractivity contribution in [1.82, 2.24) is 10.2 Å². The van der Waals surface area contributed by atoms with E-state index in [1.807, 2.05) is 30.9 Å². The Morgan fingerprint density at radius 2 is 1.89 bits per heavy atom. The van der Waals surface area contributed by atoms with Crippen LogP contribution in [0, 0.1) is 0 Å². The Hall–Kier alpha value is -2.34. The minimum atomic E-state index is -0.583. The zero-order chi connectivity index (χ0) is 19.1. The van der Waals surface area contributed by atoms with Crippen LogP contribution in [0.1, 0.15) is 45.1 Å². The summed E-state index contributed by atoms with van der Waals surface area (Å²) < 4.78 is 11.2. The first-order chi connectivity index (χ1) is 12.9. The molecule has 1 aromatic heterocycles. The van der Waals surface area contributed by atoms with Crippen molar-refractivity contribution in [3.05, 3.63) is 40.2 Å². The van der Waals surface area contributed by atoms with Gasteiger partial charge in [-0.25, -0.2) is 4.79 Å². The van der Waals surface area contributed by atoms with E-state index in [2.05, 4.69) is 5.32 Å². The number of ether oxygens (including phenoxy) is 1. The Morgan fingerprint density at radius 1 is 1.19 bits per heavy atom. The fourth-order valence-corrected chi connectivity index (χ4v) is 4.21. The summed E-state index contributed by atoms with van der Waals surface area (Å²) in [4.78, 5) is 26.5. The molecule has 27 heavy (non-hydrogen) atoms. The third kappa shape index (κ3) is 3.58. The predicted octanol–water partition coefficient (Wildman–Crippen LogP) is 2.65. The van der Waals surface area contributed by atoms with E-state index in [9.17, 15) is 9.59 Å². The molecule has 2 aliphatic rings. The smallest absolute Gasteiger partial charge is 0.336 e. The van der Waals surface area contributed by atoms with Crippen LogP contribution in [0.15, 0.2) is 33.5 Å². The minimum Gasteiger partial charge on any atom is -0.481 e. The summed E-state index contributed by atoms with van der Waals surface area (Å²) in [6.07, 6.45) is 1.68. The summed E-state index contributed by atoms with van der Waals surface area (Å²) in [5, 5.41) is 4.42. The van der Waals surface area contributed by atoms with Crippen molar-refractivity contribution >= 4 is 16.9 Å². The zero-order valence-electron chi connectivity index (χ0n) is 16.0. The van der Waals surface area contributed by atoms with Gasteiger partial charge in [0.1, 0.15) is 11.3 Å². The Balaban J connectivity index is 1.52. The van der Waals surface area contributed by atoms with Crippen molar-refractivity contribution < 1.29 is 13.9 Å². The second-order valence-corrected chi connectivity index (χ2v) is 7.97. The van der Waals surface area contributed by atoms with Gasteiger partial charge in [-0.2, -0.15) is 0 Å². The Morgan fingerprint density at radius 3 is 2.56 bits per heavy atom. The summed E-state index contributed by atoms with van der Waals surface area (Å²) in [5.41, 5.74) is 1.07. The molecule has 2 bridgehead atoms. The molecule has 0 spiro atoms. The second kappa shape index (κ2) is 7.00. The highest BCUT2D eigenvalue weighted by Crippen LogP contribution is 2.28. The van der Waals surface area contributed by atoms with Gasteiger partial charge in [0.05, 0.1) is 0 Å². The number of carbonyl (C=O) groups excluding carboxylic acids is 1. The molecule has 0 saturated carbocycles. The first-order valence-electron chi connectivity index (χ1n) is 9.70. The molecule has 3 heterocycles. The maximum absolute atomic E-state index is 12.8. The van der Waals surface area contributed by atoms with Gasteiger partial charge in [-0.1, -0.05) is 13.8 Å². The van der Waals surface area contributed by atoms with Gasteiger partial charge in [0.2, 0.25) is 0 Å². The van der Waals surface area contributed by atoms with E-state index in [4.69, 9.17) is 9.15 Å². The summed E-state index contributed by atoms with van der Waals surface area (Å²) in [6.45, 7) is 7.35. The molecule has 2 aliphatic heterocycles. The average Bonchev–Trinajstić information content (AvgIpc) is 2.97. The van der Waals surface area contributed by atoms with Crippen LogP contribution in [0.3, 0.4) is 0 Å². The van der Waals surface area contributed by atoms with Crippen molar-refractivity contribution in [2.24, 2.45) is 0 Å². The number of nitrogens with one attached hydrogen (secondary N) is 1. The highest BCUT2D eigenvalue weighted by molar-refractivity contribution is 5.83. The molecule has 6 nitrogen and oxygen atoms in total. The molecule has 2 fully saturated rings. The van der Waals surface area contributed by atoms with Crippen LogP contribution in [0.5, 0.6) is 5.75 Å². The molecular weight excluding hydrogens is 344 g/mol. The monoisotopic (exact) mass is 370 g/mol. The maximum Gasteiger partial charge on any atom is 0.336 e. The molecule has 6 heteroatoms. The fourth-order valence-electron chi connectivity index (χ4n) is 4.21. The van der Waals surface area contributed by atoms with Crippen LogP contribution in [0.2, 0.25) is 0 Å². The van der Waals surface area contributed by atoms with Crippen LogP contribution < -0.4 is 15.7 Å². The number of likely N-dealkylation sites (tertiary alicyclic amines) is 1. The lowest BCUT2D eigenvalue weighted by molar-refractivity contribution is -0.139. The van der Waals surface area contributed by atoms with E-state index in [0.29, 0.717) is 23.4 Å². The van der Waals surface area contributed by atoms with Gasteiger partial charge >= 0.3 is 5.63 Å². The highest BCUT2D eigenvalue weighted by Gasteiger charge is 2.36. The molecule has 4 rings (SSSR count). The van der Waals surface area contributed by atoms with Crippen LogP contribution in [-0.2, 0) is 4.79 Å². The minimum absolute atomic E-state index is 0.00545. The van der Waals surface area contributed by atoms with E-state index >= 15 is 0 Å². The summed E-state index contributed by atoms with van der Waals surface area (Å²) in [5.74, 6) is 0.753. The third-order valence-electron chi connectivity index (χ3n) is 5.56. The van der Waals surface area contributed by atoms with Crippen LogP contribution in [0.4, 0.5) is 0 Å². The number of amides is 1. The number of piperazine rings is 1. The highest BCUT2D eigenvalue weighted by atomic mass is 16.5. The van der Waals surface area contributed by atoms with Gasteiger partial charge in [-0.05, 0) is 43.4 Å². The predicted molar refractivity (Wildman–Crippen MR) is 103 cm³/mol. The first-order valence-corrected chi connectivity index (χ1v) is 9.70.